The van der Waals surface area contributed by atoms with Crippen LogP contribution in [0.4, 0.5) is 0 Å². The minimum Gasteiger partial charge on any atom is -0.461 e. The number of carbonyl (C=O) groups is 2. The first-order valence-electron chi connectivity index (χ1n) is 8.92. The number of ether oxygens (including phenoxy) is 2. The van der Waals surface area contributed by atoms with Crippen LogP contribution in [0, 0.1) is 11.8 Å². The van der Waals surface area contributed by atoms with E-state index in [0.717, 1.165) is 5.57 Å². The molecule has 0 spiro atoms. The molecule has 0 aromatic rings. The number of fused-ring (bicyclic) bond motifs is 1. The van der Waals surface area contributed by atoms with Gasteiger partial charge in [-0.25, -0.2) is 4.79 Å². The van der Waals surface area contributed by atoms with Gasteiger partial charge in [-0.2, -0.15) is 0 Å². The first-order valence-corrected chi connectivity index (χ1v) is 8.92. The minimum absolute atomic E-state index is 0.0654. The van der Waals surface area contributed by atoms with E-state index in [9.17, 15) is 14.7 Å². The summed E-state index contributed by atoms with van der Waals surface area (Å²) in [5.74, 6) is -1.04. The molecule has 0 radical (unpaired) electrons. The Kier molecular flexibility index (Phi) is 6.59. The van der Waals surface area contributed by atoms with Crippen LogP contribution >= 0.6 is 0 Å². The second-order valence-corrected chi connectivity index (χ2v) is 7.01. The lowest BCUT2D eigenvalue weighted by Gasteiger charge is -2.24. The standard InChI is InChI=1S/C20H28O5/c1-5-13(3)19(22)24-11-15-8-6-7-12(2)9-18-16(10-17(15)21)14(4)20(23)25-18/h7-8,13,16-18,21H,4-6,9-11H2,1-3H3. The zero-order chi connectivity index (χ0) is 18.6. The Morgan fingerprint density at radius 3 is 2.88 bits per heavy atom. The van der Waals surface area contributed by atoms with E-state index in [1.54, 1.807) is 0 Å². The van der Waals surface area contributed by atoms with Crippen molar-refractivity contribution < 1.29 is 24.2 Å². The summed E-state index contributed by atoms with van der Waals surface area (Å²) < 4.78 is 10.8. The fraction of sp³-hybridized carbons (Fsp3) is 0.600. The minimum atomic E-state index is -0.796. The molecule has 1 aliphatic carbocycles. The third kappa shape index (κ3) is 4.82. The van der Waals surface area contributed by atoms with Gasteiger partial charge in [-0.3, -0.25) is 4.79 Å². The second-order valence-electron chi connectivity index (χ2n) is 7.01. The predicted octanol–water partition coefficient (Wildman–Crippen LogP) is 3.09. The highest BCUT2D eigenvalue weighted by molar-refractivity contribution is 5.90. The summed E-state index contributed by atoms with van der Waals surface area (Å²) in [6.07, 6.45) is 5.21. The van der Waals surface area contributed by atoms with Crippen molar-refractivity contribution in [1.29, 1.82) is 0 Å². The summed E-state index contributed by atoms with van der Waals surface area (Å²) >= 11 is 0. The Hall–Kier alpha value is -1.88. The normalized spacial score (nSPS) is 28.4. The second kappa shape index (κ2) is 8.48. The third-order valence-electron chi connectivity index (χ3n) is 5.09. The predicted molar refractivity (Wildman–Crippen MR) is 94.6 cm³/mol. The van der Waals surface area contributed by atoms with Crippen LogP contribution < -0.4 is 0 Å². The highest BCUT2D eigenvalue weighted by Crippen LogP contribution is 2.35. The summed E-state index contributed by atoms with van der Waals surface area (Å²) in [4.78, 5) is 23.8. The van der Waals surface area contributed by atoms with Gasteiger partial charge in [0.05, 0.1) is 12.0 Å². The molecule has 0 bridgehead atoms. The van der Waals surface area contributed by atoms with Gasteiger partial charge in [0.1, 0.15) is 12.7 Å². The number of aliphatic hydroxyl groups is 1. The van der Waals surface area contributed by atoms with Crippen LogP contribution in [0.5, 0.6) is 0 Å². The van der Waals surface area contributed by atoms with Crippen molar-refractivity contribution in [3.05, 3.63) is 35.5 Å². The Balaban J connectivity index is 2.14. The molecule has 4 unspecified atom stereocenters. The lowest BCUT2D eigenvalue weighted by molar-refractivity contribution is -0.147. The average Bonchev–Trinajstić information content (AvgIpc) is 2.83. The molecule has 1 N–H and O–H groups in total. The number of allylic oxidation sites excluding steroid dienone is 2. The van der Waals surface area contributed by atoms with Gasteiger partial charge in [-0.1, -0.05) is 38.2 Å². The van der Waals surface area contributed by atoms with Gasteiger partial charge < -0.3 is 14.6 Å². The maximum Gasteiger partial charge on any atom is 0.334 e. The van der Waals surface area contributed by atoms with Crippen molar-refractivity contribution in [2.75, 3.05) is 6.61 Å². The summed E-state index contributed by atoms with van der Waals surface area (Å²) in [7, 11) is 0. The van der Waals surface area contributed by atoms with Gasteiger partial charge in [-0.15, -0.1) is 0 Å². The van der Waals surface area contributed by atoms with Crippen molar-refractivity contribution in [2.45, 2.75) is 58.7 Å². The van der Waals surface area contributed by atoms with Crippen LogP contribution in [0.15, 0.2) is 35.5 Å². The summed E-state index contributed by atoms with van der Waals surface area (Å²) in [6, 6.07) is 0. The number of esters is 2. The monoisotopic (exact) mass is 348 g/mol. The number of carbonyl (C=O) groups excluding carboxylic acids is 2. The topological polar surface area (TPSA) is 72.8 Å². The molecule has 0 amide bonds. The third-order valence-corrected chi connectivity index (χ3v) is 5.09. The molecule has 5 heteroatoms. The van der Waals surface area contributed by atoms with Crippen LogP contribution in [-0.4, -0.2) is 35.9 Å². The van der Waals surface area contributed by atoms with Crippen molar-refractivity contribution in [2.24, 2.45) is 11.8 Å². The molecule has 25 heavy (non-hydrogen) atoms. The first kappa shape index (κ1) is 19.4. The van der Waals surface area contributed by atoms with E-state index in [4.69, 9.17) is 9.47 Å². The largest absolute Gasteiger partial charge is 0.461 e. The highest BCUT2D eigenvalue weighted by Gasteiger charge is 2.40. The van der Waals surface area contributed by atoms with Crippen molar-refractivity contribution in [3.8, 4) is 0 Å². The Morgan fingerprint density at radius 2 is 2.20 bits per heavy atom. The maximum absolute atomic E-state index is 11.9. The molecular weight excluding hydrogens is 320 g/mol. The van der Waals surface area contributed by atoms with Gasteiger partial charge in [-0.05, 0) is 31.8 Å². The van der Waals surface area contributed by atoms with Gasteiger partial charge in [0, 0.05) is 17.9 Å². The van der Waals surface area contributed by atoms with Crippen LogP contribution in [0.3, 0.4) is 0 Å². The smallest absolute Gasteiger partial charge is 0.334 e. The molecule has 1 aliphatic heterocycles. The molecule has 5 nitrogen and oxygen atoms in total. The van der Waals surface area contributed by atoms with Crippen LogP contribution in [0.2, 0.25) is 0 Å². The molecule has 1 heterocycles. The Labute approximate surface area is 149 Å². The lowest BCUT2D eigenvalue weighted by atomic mass is 9.85. The van der Waals surface area contributed by atoms with Gasteiger partial charge in [0.2, 0.25) is 0 Å². The molecule has 0 aromatic heterocycles. The molecule has 138 valence electrons. The van der Waals surface area contributed by atoms with E-state index in [-0.39, 0.29) is 36.5 Å². The Bertz CT molecular complexity index is 601. The van der Waals surface area contributed by atoms with Crippen LogP contribution in [-0.2, 0) is 19.1 Å². The van der Waals surface area contributed by atoms with Crippen molar-refractivity contribution >= 4 is 11.9 Å². The average molecular weight is 348 g/mol. The van der Waals surface area contributed by atoms with Gasteiger partial charge in [0.15, 0.2) is 0 Å². The number of hydrogen-bond donors (Lipinski definition) is 1. The number of rotatable bonds is 4. The van der Waals surface area contributed by atoms with Crippen LogP contribution in [0.1, 0.15) is 46.5 Å². The molecule has 1 fully saturated rings. The van der Waals surface area contributed by atoms with Gasteiger partial charge in [0.25, 0.3) is 0 Å². The lowest BCUT2D eigenvalue weighted by Crippen LogP contribution is -2.26. The summed E-state index contributed by atoms with van der Waals surface area (Å²) in [5, 5.41) is 10.6. The molecule has 2 aliphatic rings. The summed E-state index contributed by atoms with van der Waals surface area (Å²) in [5.41, 5.74) is 2.20. The van der Waals surface area contributed by atoms with E-state index < -0.39 is 6.10 Å². The molecule has 1 saturated heterocycles. The van der Waals surface area contributed by atoms with E-state index in [2.05, 4.69) is 6.58 Å². The first-order chi connectivity index (χ1) is 11.8. The van der Waals surface area contributed by atoms with E-state index >= 15 is 0 Å². The fourth-order valence-corrected chi connectivity index (χ4v) is 3.11. The molecule has 2 rings (SSSR count). The van der Waals surface area contributed by atoms with E-state index in [1.807, 2.05) is 32.9 Å². The molecule has 0 aromatic carbocycles. The Morgan fingerprint density at radius 1 is 1.48 bits per heavy atom. The van der Waals surface area contributed by atoms with Crippen molar-refractivity contribution in [1.82, 2.24) is 0 Å². The molecular formula is C20H28O5. The number of aliphatic hydroxyl groups excluding tert-OH is 1. The highest BCUT2D eigenvalue weighted by atomic mass is 16.6. The number of hydrogen-bond acceptors (Lipinski definition) is 5. The van der Waals surface area contributed by atoms with E-state index in [1.165, 1.54) is 0 Å². The van der Waals surface area contributed by atoms with E-state index in [0.29, 0.717) is 36.8 Å². The summed E-state index contributed by atoms with van der Waals surface area (Å²) in [6.45, 7) is 9.65. The zero-order valence-corrected chi connectivity index (χ0v) is 15.3. The SMILES string of the molecule is C=C1C(=O)OC2CC(C)=CCC=C(COC(=O)C(C)CC)C(O)CC12. The van der Waals surface area contributed by atoms with Crippen molar-refractivity contribution in [3.63, 3.8) is 0 Å². The van der Waals surface area contributed by atoms with Gasteiger partial charge >= 0.3 is 11.9 Å². The maximum atomic E-state index is 11.9. The fourth-order valence-electron chi connectivity index (χ4n) is 3.11. The van der Waals surface area contributed by atoms with Crippen LogP contribution in [0.25, 0.3) is 0 Å². The quantitative estimate of drug-likeness (QED) is 0.480. The zero-order valence-electron chi connectivity index (χ0n) is 15.3. The molecule has 4 atom stereocenters. The molecule has 0 saturated carbocycles.